The monoisotopic (exact) mass is 265 g/mol. The number of benzene rings is 2. The van der Waals surface area contributed by atoms with Crippen LogP contribution in [0.3, 0.4) is 0 Å². The lowest BCUT2D eigenvalue weighted by molar-refractivity contribution is 0.677. The lowest BCUT2D eigenvalue weighted by Crippen LogP contribution is -2.14. The Morgan fingerprint density at radius 1 is 1.05 bits per heavy atom. The maximum Gasteiger partial charge on any atom is 0.0542 e. The highest BCUT2D eigenvalue weighted by Gasteiger charge is 2.32. The molecule has 1 nitrogen and oxygen atoms in total. The number of para-hydroxylation sites is 1. The molecule has 1 heteroatoms. The summed E-state index contributed by atoms with van der Waals surface area (Å²) in [7, 11) is 0. The van der Waals surface area contributed by atoms with E-state index in [2.05, 4.69) is 67.7 Å². The Morgan fingerprint density at radius 3 is 2.40 bits per heavy atom. The van der Waals surface area contributed by atoms with Crippen LogP contribution < -0.4 is 5.32 Å². The van der Waals surface area contributed by atoms with Gasteiger partial charge in [0.2, 0.25) is 0 Å². The highest BCUT2D eigenvalue weighted by atomic mass is 14.9. The quantitative estimate of drug-likeness (QED) is 0.791. The van der Waals surface area contributed by atoms with Crippen LogP contribution in [0.2, 0.25) is 0 Å². The fourth-order valence-electron chi connectivity index (χ4n) is 2.81. The molecule has 3 rings (SSSR count). The third-order valence-electron chi connectivity index (χ3n) is 4.24. The zero-order chi connectivity index (χ0) is 13.9. The van der Waals surface area contributed by atoms with Crippen molar-refractivity contribution in [3.05, 3.63) is 65.2 Å². The maximum absolute atomic E-state index is 3.80. The van der Waals surface area contributed by atoms with Gasteiger partial charge in [-0.25, -0.2) is 0 Å². The van der Waals surface area contributed by atoms with Gasteiger partial charge in [0, 0.05) is 5.69 Å². The molecule has 20 heavy (non-hydrogen) atoms. The predicted octanol–water partition coefficient (Wildman–Crippen LogP) is 5.12. The summed E-state index contributed by atoms with van der Waals surface area (Å²) < 4.78 is 0. The Kier molecular flexibility index (Phi) is 3.77. The van der Waals surface area contributed by atoms with Crippen molar-refractivity contribution in [2.45, 2.75) is 39.2 Å². The Morgan fingerprint density at radius 2 is 1.75 bits per heavy atom. The Bertz CT molecular complexity index is 567. The van der Waals surface area contributed by atoms with Gasteiger partial charge < -0.3 is 5.32 Å². The summed E-state index contributed by atoms with van der Waals surface area (Å²) in [5.74, 6) is 0.794. The van der Waals surface area contributed by atoms with Crippen LogP contribution in [0.5, 0.6) is 0 Å². The van der Waals surface area contributed by atoms with Gasteiger partial charge in [-0.1, -0.05) is 55.0 Å². The van der Waals surface area contributed by atoms with Gasteiger partial charge in [-0.3, -0.25) is 0 Å². The van der Waals surface area contributed by atoms with Crippen molar-refractivity contribution < 1.29 is 0 Å². The minimum atomic E-state index is 0.461. The molecule has 0 saturated heterocycles. The van der Waals surface area contributed by atoms with Gasteiger partial charge in [-0.15, -0.1) is 0 Å². The summed E-state index contributed by atoms with van der Waals surface area (Å²) in [5, 5.41) is 3.80. The molecule has 1 atom stereocenters. The molecule has 1 fully saturated rings. The van der Waals surface area contributed by atoms with Crippen molar-refractivity contribution in [2.24, 2.45) is 5.92 Å². The first-order chi connectivity index (χ1) is 9.78. The van der Waals surface area contributed by atoms with Crippen molar-refractivity contribution in [2.75, 3.05) is 5.32 Å². The number of rotatable bonds is 5. The van der Waals surface area contributed by atoms with Crippen LogP contribution in [0.15, 0.2) is 48.5 Å². The van der Waals surface area contributed by atoms with Gasteiger partial charge in [0.05, 0.1) is 6.04 Å². The lowest BCUT2D eigenvalue weighted by Gasteiger charge is -2.22. The minimum Gasteiger partial charge on any atom is -0.378 e. The standard InChI is InChI=1S/C19H23N/c1-3-15-6-4-5-7-18(15)20-19(17-12-13-17)16-10-8-14(2)9-11-16/h4-11,17,19-20H,3,12-13H2,1-2H3. The van der Waals surface area contributed by atoms with Crippen LogP contribution in [0.1, 0.15) is 42.5 Å². The number of aryl methyl sites for hydroxylation is 2. The second-order valence-corrected chi connectivity index (χ2v) is 5.88. The molecule has 0 radical (unpaired) electrons. The normalized spacial score (nSPS) is 15.9. The number of nitrogens with one attached hydrogen (secondary N) is 1. The van der Waals surface area contributed by atoms with Crippen molar-refractivity contribution >= 4 is 5.69 Å². The van der Waals surface area contributed by atoms with E-state index in [1.807, 2.05) is 0 Å². The smallest absolute Gasteiger partial charge is 0.0542 e. The molecule has 0 amide bonds. The number of hydrogen-bond donors (Lipinski definition) is 1. The highest BCUT2D eigenvalue weighted by Crippen LogP contribution is 2.43. The van der Waals surface area contributed by atoms with Gasteiger partial charge in [-0.05, 0) is 49.3 Å². The summed E-state index contributed by atoms with van der Waals surface area (Å²) in [6, 6.07) is 18.1. The molecule has 0 aliphatic heterocycles. The molecule has 0 aromatic heterocycles. The van der Waals surface area contributed by atoms with Crippen molar-refractivity contribution in [3.8, 4) is 0 Å². The molecule has 2 aromatic carbocycles. The molecular weight excluding hydrogens is 242 g/mol. The molecule has 2 aromatic rings. The molecule has 1 aliphatic rings. The van der Waals surface area contributed by atoms with E-state index in [1.54, 1.807) is 0 Å². The van der Waals surface area contributed by atoms with Gasteiger partial charge in [0.25, 0.3) is 0 Å². The van der Waals surface area contributed by atoms with E-state index in [0.29, 0.717) is 6.04 Å². The summed E-state index contributed by atoms with van der Waals surface area (Å²) in [6.07, 6.45) is 3.77. The van der Waals surface area contributed by atoms with E-state index in [1.165, 1.54) is 35.2 Å². The average molecular weight is 265 g/mol. The molecule has 1 saturated carbocycles. The molecule has 1 aliphatic carbocycles. The minimum absolute atomic E-state index is 0.461. The van der Waals surface area contributed by atoms with E-state index in [9.17, 15) is 0 Å². The summed E-state index contributed by atoms with van der Waals surface area (Å²) >= 11 is 0. The van der Waals surface area contributed by atoms with Crippen LogP contribution in [0, 0.1) is 12.8 Å². The van der Waals surface area contributed by atoms with Gasteiger partial charge in [-0.2, -0.15) is 0 Å². The van der Waals surface area contributed by atoms with E-state index in [0.717, 1.165) is 12.3 Å². The van der Waals surface area contributed by atoms with Crippen LogP contribution in [-0.2, 0) is 6.42 Å². The molecule has 1 N–H and O–H groups in total. The van der Waals surface area contributed by atoms with Gasteiger partial charge in [0.1, 0.15) is 0 Å². The third kappa shape index (κ3) is 2.87. The Balaban J connectivity index is 1.86. The average Bonchev–Trinajstić information content (AvgIpc) is 3.31. The molecule has 104 valence electrons. The summed E-state index contributed by atoms with van der Waals surface area (Å²) in [4.78, 5) is 0. The lowest BCUT2D eigenvalue weighted by atomic mass is 10.00. The molecule has 0 bridgehead atoms. The summed E-state index contributed by atoms with van der Waals surface area (Å²) in [5.41, 5.74) is 5.46. The number of anilines is 1. The Hall–Kier alpha value is -1.76. The third-order valence-corrected chi connectivity index (χ3v) is 4.24. The van der Waals surface area contributed by atoms with Crippen LogP contribution in [0.4, 0.5) is 5.69 Å². The SMILES string of the molecule is CCc1ccccc1NC(c1ccc(C)cc1)C1CC1. The zero-order valence-electron chi connectivity index (χ0n) is 12.4. The maximum atomic E-state index is 3.80. The second kappa shape index (κ2) is 5.70. The molecular formula is C19H23N. The first-order valence-electron chi connectivity index (χ1n) is 7.69. The van der Waals surface area contributed by atoms with E-state index < -0.39 is 0 Å². The first-order valence-corrected chi connectivity index (χ1v) is 7.69. The molecule has 1 unspecified atom stereocenters. The van der Waals surface area contributed by atoms with E-state index in [4.69, 9.17) is 0 Å². The van der Waals surface area contributed by atoms with Crippen molar-refractivity contribution in [1.82, 2.24) is 0 Å². The Labute approximate surface area is 122 Å². The predicted molar refractivity (Wildman–Crippen MR) is 86.1 cm³/mol. The van der Waals surface area contributed by atoms with E-state index in [-0.39, 0.29) is 0 Å². The van der Waals surface area contributed by atoms with Gasteiger partial charge >= 0.3 is 0 Å². The molecule has 0 heterocycles. The van der Waals surface area contributed by atoms with Crippen LogP contribution in [-0.4, -0.2) is 0 Å². The number of hydrogen-bond acceptors (Lipinski definition) is 1. The second-order valence-electron chi connectivity index (χ2n) is 5.88. The highest BCUT2D eigenvalue weighted by molar-refractivity contribution is 5.53. The van der Waals surface area contributed by atoms with Crippen LogP contribution in [0.25, 0.3) is 0 Å². The topological polar surface area (TPSA) is 12.0 Å². The van der Waals surface area contributed by atoms with Crippen molar-refractivity contribution in [3.63, 3.8) is 0 Å². The first kappa shape index (κ1) is 13.2. The summed E-state index contributed by atoms with van der Waals surface area (Å²) in [6.45, 7) is 4.37. The fourth-order valence-corrected chi connectivity index (χ4v) is 2.81. The van der Waals surface area contributed by atoms with E-state index >= 15 is 0 Å². The van der Waals surface area contributed by atoms with Gasteiger partial charge in [0.15, 0.2) is 0 Å². The zero-order valence-corrected chi connectivity index (χ0v) is 12.4. The van der Waals surface area contributed by atoms with Crippen molar-refractivity contribution in [1.29, 1.82) is 0 Å². The molecule has 0 spiro atoms. The fraction of sp³-hybridized carbons (Fsp3) is 0.368. The largest absolute Gasteiger partial charge is 0.378 e. The van der Waals surface area contributed by atoms with Crippen LogP contribution >= 0.6 is 0 Å².